The zero-order chi connectivity index (χ0) is 28.4. The van der Waals surface area contributed by atoms with Gasteiger partial charge in [0.15, 0.2) is 18.1 Å². The van der Waals surface area contributed by atoms with Crippen molar-refractivity contribution in [1.82, 2.24) is 10.7 Å². The first-order valence-electron chi connectivity index (χ1n) is 12.5. The Hall–Kier alpha value is -4.66. The molecule has 0 aliphatic heterocycles. The summed E-state index contributed by atoms with van der Waals surface area (Å²) in [5, 5.41) is 9.23. The SMILES string of the molecule is COc1cc(/C=N\NC(=O)C(=O)NCc2ccc(C(C)C)cc2)ccc1OCC(=O)Nc1cc(C)cc(C)c1. The van der Waals surface area contributed by atoms with Crippen LogP contribution < -0.4 is 25.5 Å². The van der Waals surface area contributed by atoms with Crippen molar-refractivity contribution in [2.75, 3.05) is 19.0 Å². The molecule has 3 aromatic rings. The van der Waals surface area contributed by atoms with E-state index < -0.39 is 11.8 Å². The van der Waals surface area contributed by atoms with Gasteiger partial charge >= 0.3 is 11.8 Å². The number of nitrogens with one attached hydrogen (secondary N) is 3. The summed E-state index contributed by atoms with van der Waals surface area (Å²) in [6.45, 7) is 8.16. The van der Waals surface area contributed by atoms with Gasteiger partial charge < -0.3 is 20.1 Å². The predicted molar refractivity (Wildman–Crippen MR) is 151 cm³/mol. The van der Waals surface area contributed by atoms with Crippen molar-refractivity contribution in [3.05, 3.63) is 88.5 Å². The quantitative estimate of drug-likeness (QED) is 0.206. The molecule has 0 aliphatic carbocycles. The lowest BCUT2D eigenvalue weighted by atomic mass is 10.0. The largest absolute Gasteiger partial charge is 0.493 e. The van der Waals surface area contributed by atoms with E-state index in [4.69, 9.17) is 9.47 Å². The second-order valence-corrected chi connectivity index (χ2v) is 9.40. The topological polar surface area (TPSA) is 118 Å². The summed E-state index contributed by atoms with van der Waals surface area (Å²) in [4.78, 5) is 36.5. The minimum absolute atomic E-state index is 0.205. The van der Waals surface area contributed by atoms with Crippen LogP contribution in [0.25, 0.3) is 0 Å². The van der Waals surface area contributed by atoms with Crippen LogP contribution in [0, 0.1) is 13.8 Å². The first-order valence-corrected chi connectivity index (χ1v) is 12.5. The number of amides is 3. The minimum Gasteiger partial charge on any atom is -0.493 e. The molecule has 0 heterocycles. The lowest BCUT2D eigenvalue weighted by Gasteiger charge is -2.12. The van der Waals surface area contributed by atoms with E-state index in [2.05, 4.69) is 35.0 Å². The fourth-order valence-corrected chi connectivity index (χ4v) is 3.77. The first-order chi connectivity index (χ1) is 18.6. The van der Waals surface area contributed by atoms with Crippen molar-refractivity contribution in [2.24, 2.45) is 5.10 Å². The highest BCUT2D eigenvalue weighted by atomic mass is 16.5. The summed E-state index contributed by atoms with van der Waals surface area (Å²) >= 11 is 0. The van der Waals surface area contributed by atoms with Crippen LogP contribution in [-0.2, 0) is 20.9 Å². The summed E-state index contributed by atoms with van der Waals surface area (Å²) in [5.74, 6) is -0.810. The molecule has 0 atom stereocenters. The molecule has 0 radical (unpaired) electrons. The van der Waals surface area contributed by atoms with E-state index in [0.29, 0.717) is 28.7 Å². The van der Waals surface area contributed by atoms with Gasteiger partial charge in [-0.05, 0) is 77.9 Å². The molecule has 0 saturated carbocycles. The van der Waals surface area contributed by atoms with E-state index in [1.807, 2.05) is 56.3 Å². The molecule has 0 unspecified atom stereocenters. The Morgan fingerprint density at radius 1 is 0.897 bits per heavy atom. The highest BCUT2D eigenvalue weighted by Crippen LogP contribution is 2.27. The molecule has 39 heavy (non-hydrogen) atoms. The minimum atomic E-state index is -0.883. The second kappa shape index (κ2) is 13.8. The Morgan fingerprint density at radius 3 is 2.23 bits per heavy atom. The Morgan fingerprint density at radius 2 is 1.59 bits per heavy atom. The van der Waals surface area contributed by atoms with Gasteiger partial charge in [0.05, 0.1) is 13.3 Å². The number of hydrogen-bond donors (Lipinski definition) is 3. The van der Waals surface area contributed by atoms with Crippen molar-refractivity contribution < 1.29 is 23.9 Å². The zero-order valence-corrected chi connectivity index (χ0v) is 22.8. The summed E-state index contributed by atoms with van der Waals surface area (Å²) in [7, 11) is 1.47. The van der Waals surface area contributed by atoms with E-state index >= 15 is 0 Å². The van der Waals surface area contributed by atoms with E-state index in [0.717, 1.165) is 16.7 Å². The highest BCUT2D eigenvalue weighted by Gasteiger charge is 2.13. The molecule has 3 amide bonds. The fourth-order valence-electron chi connectivity index (χ4n) is 3.77. The standard InChI is InChI=1S/C30H34N4O5/c1-19(2)24-9-6-22(7-10-24)16-31-29(36)30(37)34-32-17-23-8-11-26(27(15-23)38-5)39-18-28(35)33-25-13-20(3)12-21(4)14-25/h6-15,17,19H,16,18H2,1-5H3,(H,31,36)(H,33,35)(H,34,37)/b32-17-. The molecule has 3 N–H and O–H groups in total. The van der Waals surface area contributed by atoms with Crippen LogP contribution in [0.3, 0.4) is 0 Å². The van der Waals surface area contributed by atoms with E-state index in [-0.39, 0.29) is 19.1 Å². The van der Waals surface area contributed by atoms with Crippen molar-refractivity contribution in [3.63, 3.8) is 0 Å². The van der Waals surface area contributed by atoms with Gasteiger partial charge in [-0.1, -0.05) is 44.2 Å². The van der Waals surface area contributed by atoms with Gasteiger partial charge in [-0.15, -0.1) is 0 Å². The lowest BCUT2D eigenvalue weighted by Crippen LogP contribution is -2.37. The van der Waals surface area contributed by atoms with Gasteiger partial charge in [-0.2, -0.15) is 5.10 Å². The molecule has 3 aromatic carbocycles. The molecule has 0 spiro atoms. The van der Waals surface area contributed by atoms with Gasteiger partial charge in [-0.3, -0.25) is 14.4 Å². The number of methoxy groups -OCH3 is 1. The second-order valence-electron chi connectivity index (χ2n) is 9.40. The highest BCUT2D eigenvalue weighted by molar-refractivity contribution is 6.35. The number of aryl methyl sites for hydroxylation is 2. The van der Waals surface area contributed by atoms with Crippen molar-refractivity contribution in [3.8, 4) is 11.5 Å². The van der Waals surface area contributed by atoms with Crippen LogP contribution in [0.4, 0.5) is 5.69 Å². The van der Waals surface area contributed by atoms with Crippen LogP contribution in [-0.4, -0.2) is 37.7 Å². The maximum atomic E-state index is 12.3. The molecule has 9 nitrogen and oxygen atoms in total. The number of rotatable bonds is 10. The van der Waals surface area contributed by atoms with Crippen molar-refractivity contribution in [2.45, 2.75) is 40.2 Å². The van der Waals surface area contributed by atoms with Crippen LogP contribution in [0.15, 0.2) is 65.8 Å². The number of anilines is 1. The number of ether oxygens (including phenoxy) is 2. The van der Waals surface area contributed by atoms with Gasteiger partial charge in [-0.25, -0.2) is 5.43 Å². The number of hydrazone groups is 1. The van der Waals surface area contributed by atoms with Crippen LogP contribution in [0.2, 0.25) is 0 Å². The molecule has 0 aliphatic rings. The number of carbonyl (C=O) groups excluding carboxylic acids is 3. The molecule has 9 heteroatoms. The average Bonchev–Trinajstić information content (AvgIpc) is 2.90. The molecule has 0 aromatic heterocycles. The molecular weight excluding hydrogens is 496 g/mol. The van der Waals surface area contributed by atoms with Gasteiger partial charge in [0.2, 0.25) is 0 Å². The summed E-state index contributed by atoms with van der Waals surface area (Å²) in [5.41, 5.74) is 7.69. The molecule has 0 fully saturated rings. The summed E-state index contributed by atoms with van der Waals surface area (Å²) in [6.07, 6.45) is 1.37. The molecule has 0 saturated heterocycles. The smallest absolute Gasteiger partial charge is 0.329 e. The van der Waals surface area contributed by atoms with Crippen molar-refractivity contribution >= 4 is 29.6 Å². The Labute approximate surface area is 228 Å². The Bertz CT molecular complexity index is 1330. The molecule has 3 rings (SSSR count). The van der Waals surface area contributed by atoms with Crippen LogP contribution in [0.5, 0.6) is 11.5 Å². The number of benzene rings is 3. The first kappa shape index (κ1) is 28.9. The monoisotopic (exact) mass is 530 g/mol. The van der Waals surface area contributed by atoms with Gasteiger partial charge in [0, 0.05) is 12.2 Å². The number of hydrogen-bond acceptors (Lipinski definition) is 6. The average molecular weight is 531 g/mol. The molecule has 0 bridgehead atoms. The third-order valence-electron chi connectivity index (χ3n) is 5.74. The van der Waals surface area contributed by atoms with Gasteiger partial charge in [0.1, 0.15) is 0 Å². The Balaban J connectivity index is 1.48. The maximum Gasteiger partial charge on any atom is 0.329 e. The molecule has 204 valence electrons. The fraction of sp³-hybridized carbons (Fsp3) is 0.267. The van der Waals surface area contributed by atoms with E-state index in [1.54, 1.807) is 18.2 Å². The van der Waals surface area contributed by atoms with Crippen LogP contribution >= 0.6 is 0 Å². The Kier molecular flexibility index (Phi) is 10.2. The molecular formula is C30H34N4O5. The van der Waals surface area contributed by atoms with Crippen LogP contribution in [0.1, 0.15) is 47.6 Å². The van der Waals surface area contributed by atoms with Gasteiger partial charge in [0.25, 0.3) is 5.91 Å². The van der Waals surface area contributed by atoms with E-state index in [1.165, 1.54) is 18.9 Å². The maximum absolute atomic E-state index is 12.3. The predicted octanol–water partition coefficient (Wildman–Crippen LogP) is 4.22. The number of carbonyl (C=O) groups is 3. The zero-order valence-electron chi connectivity index (χ0n) is 22.8. The summed E-state index contributed by atoms with van der Waals surface area (Å²) < 4.78 is 11.0. The third-order valence-corrected chi connectivity index (χ3v) is 5.74. The third kappa shape index (κ3) is 8.99. The van der Waals surface area contributed by atoms with E-state index in [9.17, 15) is 14.4 Å². The number of nitrogens with zero attached hydrogens (tertiary/aromatic N) is 1. The normalized spacial score (nSPS) is 10.8. The van der Waals surface area contributed by atoms with Crippen molar-refractivity contribution in [1.29, 1.82) is 0 Å². The lowest BCUT2D eigenvalue weighted by molar-refractivity contribution is -0.139. The summed E-state index contributed by atoms with van der Waals surface area (Å²) in [6, 6.07) is 18.6.